The zero-order chi connectivity index (χ0) is 8.69. The van der Waals surface area contributed by atoms with Crippen LogP contribution in [0.2, 0.25) is 0 Å². The number of nitrogens with zero attached hydrogens (tertiary/aromatic N) is 1. The second-order valence-corrected chi connectivity index (χ2v) is 2.01. The van der Waals surface area contributed by atoms with E-state index in [1.54, 1.807) is 12.4 Å². The van der Waals surface area contributed by atoms with Gasteiger partial charge in [0.05, 0.1) is 0 Å². The van der Waals surface area contributed by atoms with Crippen molar-refractivity contribution in [3.8, 4) is 0 Å². The van der Waals surface area contributed by atoms with E-state index in [9.17, 15) is 0 Å². The van der Waals surface area contributed by atoms with Gasteiger partial charge in [0, 0.05) is 18.9 Å². The number of nitrogens with two attached hydrogens (primary N) is 1. The summed E-state index contributed by atoms with van der Waals surface area (Å²) < 4.78 is 0. The van der Waals surface area contributed by atoms with Crippen molar-refractivity contribution in [2.24, 2.45) is 5.73 Å². The summed E-state index contributed by atoms with van der Waals surface area (Å²) in [5.74, 6) is 0. The third-order valence-electron chi connectivity index (χ3n) is 1.37. The molecular formula is C9H16N2. The highest BCUT2D eigenvalue weighted by atomic mass is 14.6. The predicted octanol–water partition coefficient (Wildman–Crippen LogP) is 1.87. The number of aromatic nitrogens is 1. The first-order valence-electron chi connectivity index (χ1n) is 3.94. The standard InChI is InChI=1S/C7H10N2.C2H6/c1-6-2-3-9-5-7(6)4-8;1-2/h2-3,5H,4,8H2,1H3;1-2H3. The molecule has 2 nitrogen and oxygen atoms in total. The van der Waals surface area contributed by atoms with Gasteiger partial charge < -0.3 is 5.73 Å². The molecule has 1 rings (SSSR count). The molecule has 0 amide bonds. The molecule has 62 valence electrons. The average Bonchev–Trinajstić information content (AvgIpc) is 2.09. The smallest absolute Gasteiger partial charge is 0.0315 e. The molecule has 2 N–H and O–H groups in total. The highest BCUT2D eigenvalue weighted by Gasteiger charge is 1.90. The van der Waals surface area contributed by atoms with Gasteiger partial charge in [0.15, 0.2) is 0 Å². The van der Waals surface area contributed by atoms with Crippen LogP contribution in [-0.4, -0.2) is 4.98 Å². The van der Waals surface area contributed by atoms with Gasteiger partial charge in [-0.2, -0.15) is 0 Å². The molecule has 0 saturated heterocycles. The fraction of sp³-hybridized carbons (Fsp3) is 0.444. The Morgan fingerprint density at radius 2 is 2.09 bits per heavy atom. The van der Waals surface area contributed by atoms with Crippen LogP contribution in [0.25, 0.3) is 0 Å². The van der Waals surface area contributed by atoms with Crippen molar-refractivity contribution in [1.29, 1.82) is 0 Å². The van der Waals surface area contributed by atoms with E-state index < -0.39 is 0 Å². The van der Waals surface area contributed by atoms with Crippen molar-refractivity contribution in [3.05, 3.63) is 29.6 Å². The monoisotopic (exact) mass is 152 g/mol. The summed E-state index contributed by atoms with van der Waals surface area (Å²) in [6, 6.07) is 1.96. The molecule has 0 fully saturated rings. The van der Waals surface area contributed by atoms with Gasteiger partial charge in [-0.25, -0.2) is 0 Å². The molecule has 0 aliphatic carbocycles. The fourth-order valence-corrected chi connectivity index (χ4v) is 0.710. The molecular weight excluding hydrogens is 136 g/mol. The molecule has 0 aliphatic rings. The van der Waals surface area contributed by atoms with Gasteiger partial charge in [-0.15, -0.1) is 0 Å². The van der Waals surface area contributed by atoms with Crippen molar-refractivity contribution in [2.75, 3.05) is 0 Å². The Balaban J connectivity index is 0.000000461. The first kappa shape index (κ1) is 10.1. The van der Waals surface area contributed by atoms with Crippen LogP contribution in [0, 0.1) is 6.92 Å². The summed E-state index contributed by atoms with van der Waals surface area (Å²) in [6.45, 7) is 6.61. The third kappa shape index (κ3) is 3.14. The SMILES string of the molecule is CC.Cc1ccncc1CN. The maximum atomic E-state index is 5.41. The second kappa shape index (κ2) is 5.86. The number of hydrogen-bond acceptors (Lipinski definition) is 2. The Morgan fingerprint density at radius 3 is 2.45 bits per heavy atom. The molecule has 0 spiro atoms. The Morgan fingerprint density at radius 1 is 1.45 bits per heavy atom. The lowest BCUT2D eigenvalue weighted by Crippen LogP contribution is -1.98. The number of rotatable bonds is 1. The van der Waals surface area contributed by atoms with Crippen molar-refractivity contribution < 1.29 is 0 Å². The van der Waals surface area contributed by atoms with Crippen LogP contribution in [0.3, 0.4) is 0 Å². The van der Waals surface area contributed by atoms with E-state index in [0.717, 1.165) is 5.56 Å². The highest BCUT2D eigenvalue weighted by molar-refractivity contribution is 5.20. The lowest BCUT2D eigenvalue weighted by atomic mass is 10.2. The molecule has 1 heterocycles. The van der Waals surface area contributed by atoms with Crippen LogP contribution in [0.1, 0.15) is 25.0 Å². The summed E-state index contributed by atoms with van der Waals surface area (Å²) in [6.07, 6.45) is 3.57. The van der Waals surface area contributed by atoms with E-state index in [2.05, 4.69) is 4.98 Å². The zero-order valence-corrected chi connectivity index (χ0v) is 7.46. The van der Waals surface area contributed by atoms with Gasteiger partial charge in [0.25, 0.3) is 0 Å². The lowest BCUT2D eigenvalue weighted by molar-refractivity contribution is 1.02. The van der Waals surface area contributed by atoms with E-state index >= 15 is 0 Å². The van der Waals surface area contributed by atoms with Gasteiger partial charge >= 0.3 is 0 Å². The van der Waals surface area contributed by atoms with Crippen molar-refractivity contribution in [2.45, 2.75) is 27.3 Å². The summed E-state index contributed by atoms with van der Waals surface area (Å²) in [4.78, 5) is 3.94. The Hall–Kier alpha value is -0.890. The molecule has 0 aliphatic heterocycles. The fourth-order valence-electron chi connectivity index (χ4n) is 0.710. The zero-order valence-electron chi connectivity index (χ0n) is 7.46. The molecule has 0 saturated carbocycles. The summed E-state index contributed by atoms with van der Waals surface area (Å²) in [7, 11) is 0. The summed E-state index contributed by atoms with van der Waals surface area (Å²) >= 11 is 0. The Kier molecular flexibility index (Phi) is 5.39. The van der Waals surface area contributed by atoms with Crippen LogP contribution in [0.4, 0.5) is 0 Å². The quantitative estimate of drug-likeness (QED) is 0.667. The minimum atomic E-state index is 0.583. The van der Waals surface area contributed by atoms with E-state index in [4.69, 9.17) is 5.73 Å². The van der Waals surface area contributed by atoms with E-state index in [1.165, 1.54) is 5.56 Å². The number of pyridine rings is 1. The largest absolute Gasteiger partial charge is 0.326 e. The van der Waals surface area contributed by atoms with Gasteiger partial charge in [0.2, 0.25) is 0 Å². The van der Waals surface area contributed by atoms with Crippen molar-refractivity contribution >= 4 is 0 Å². The average molecular weight is 152 g/mol. The lowest BCUT2D eigenvalue weighted by Gasteiger charge is -1.97. The maximum absolute atomic E-state index is 5.41. The van der Waals surface area contributed by atoms with Crippen LogP contribution in [0.15, 0.2) is 18.5 Å². The molecule has 11 heavy (non-hydrogen) atoms. The normalized spacial score (nSPS) is 8.36. The molecule has 0 unspecified atom stereocenters. The Bertz CT molecular complexity index is 197. The minimum absolute atomic E-state index is 0.583. The molecule has 0 bridgehead atoms. The van der Waals surface area contributed by atoms with Gasteiger partial charge in [-0.3, -0.25) is 4.98 Å². The topological polar surface area (TPSA) is 38.9 Å². The van der Waals surface area contributed by atoms with Crippen LogP contribution in [-0.2, 0) is 6.54 Å². The molecule has 0 radical (unpaired) electrons. The molecule has 1 aromatic rings. The molecule has 1 aromatic heterocycles. The number of aryl methyl sites for hydroxylation is 1. The molecule has 0 aromatic carbocycles. The predicted molar refractivity (Wildman–Crippen MR) is 48.2 cm³/mol. The van der Waals surface area contributed by atoms with E-state index in [-0.39, 0.29) is 0 Å². The molecule has 2 heteroatoms. The van der Waals surface area contributed by atoms with E-state index in [1.807, 2.05) is 26.8 Å². The first-order chi connectivity index (χ1) is 5.34. The van der Waals surface area contributed by atoms with Crippen molar-refractivity contribution in [3.63, 3.8) is 0 Å². The Labute approximate surface area is 68.5 Å². The highest BCUT2D eigenvalue weighted by Crippen LogP contribution is 2.01. The summed E-state index contributed by atoms with van der Waals surface area (Å²) in [5.41, 5.74) is 7.75. The van der Waals surface area contributed by atoms with Crippen LogP contribution >= 0.6 is 0 Å². The second-order valence-electron chi connectivity index (χ2n) is 2.01. The minimum Gasteiger partial charge on any atom is -0.326 e. The van der Waals surface area contributed by atoms with Crippen molar-refractivity contribution in [1.82, 2.24) is 4.98 Å². The van der Waals surface area contributed by atoms with Crippen LogP contribution < -0.4 is 5.73 Å². The molecule has 0 atom stereocenters. The number of hydrogen-bond donors (Lipinski definition) is 1. The maximum Gasteiger partial charge on any atom is 0.0315 e. The first-order valence-corrected chi connectivity index (χ1v) is 3.94. The van der Waals surface area contributed by atoms with Gasteiger partial charge in [-0.05, 0) is 24.1 Å². The van der Waals surface area contributed by atoms with Gasteiger partial charge in [-0.1, -0.05) is 13.8 Å². The van der Waals surface area contributed by atoms with Crippen LogP contribution in [0.5, 0.6) is 0 Å². The third-order valence-corrected chi connectivity index (χ3v) is 1.37. The summed E-state index contributed by atoms with van der Waals surface area (Å²) in [5, 5.41) is 0. The van der Waals surface area contributed by atoms with Gasteiger partial charge in [0.1, 0.15) is 0 Å². The van der Waals surface area contributed by atoms with E-state index in [0.29, 0.717) is 6.54 Å².